The smallest absolute Gasteiger partial charge is 0.224 e. The van der Waals surface area contributed by atoms with Crippen molar-refractivity contribution in [1.82, 2.24) is 5.32 Å². The van der Waals surface area contributed by atoms with Crippen LogP contribution in [0.25, 0.3) is 0 Å². The molecule has 1 aliphatic rings. The van der Waals surface area contributed by atoms with Crippen LogP contribution >= 0.6 is 23.2 Å². The first-order chi connectivity index (χ1) is 8.65. The summed E-state index contributed by atoms with van der Waals surface area (Å²) in [6.07, 6.45) is 4.68. The highest BCUT2D eigenvalue weighted by Gasteiger charge is 2.24. The van der Waals surface area contributed by atoms with Crippen molar-refractivity contribution >= 4 is 29.1 Å². The molecule has 2 unspecified atom stereocenters. The van der Waals surface area contributed by atoms with Gasteiger partial charge in [-0.05, 0) is 30.5 Å². The van der Waals surface area contributed by atoms with Gasteiger partial charge >= 0.3 is 0 Å². The molecule has 2 atom stereocenters. The fourth-order valence-electron chi connectivity index (χ4n) is 2.29. The van der Waals surface area contributed by atoms with E-state index in [-0.39, 0.29) is 17.3 Å². The second kappa shape index (κ2) is 6.44. The molecule has 2 rings (SSSR count). The normalized spacial score (nSPS) is 23.7. The fourth-order valence-corrected chi connectivity index (χ4v) is 2.76. The zero-order chi connectivity index (χ0) is 13.0. The van der Waals surface area contributed by atoms with E-state index < -0.39 is 0 Å². The number of hydrogen-bond donors (Lipinski definition) is 1. The molecule has 1 fully saturated rings. The Balaban J connectivity index is 1.86. The number of alkyl halides is 1. The summed E-state index contributed by atoms with van der Waals surface area (Å²) in [5.41, 5.74) is 0.971. The summed E-state index contributed by atoms with van der Waals surface area (Å²) in [6, 6.07) is 7.48. The topological polar surface area (TPSA) is 29.1 Å². The van der Waals surface area contributed by atoms with E-state index >= 15 is 0 Å². The highest BCUT2D eigenvalue weighted by atomic mass is 35.5. The second-order valence-corrected chi connectivity index (χ2v) is 5.77. The largest absolute Gasteiger partial charge is 0.352 e. The van der Waals surface area contributed by atoms with Gasteiger partial charge in [-0.2, -0.15) is 0 Å². The predicted molar refractivity (Wildman–Crippen MR) is 75.2 cm³/mol. The molecule has 98 valence electrons. The Morgan fingerprint density at radius 2 is 1.89 bits per heavy atom. The second-order valence-electron chi connectivity index (χ2n) is 4.78. The Hall–Kier alpha value is -0.730. The van der Waals surface area contributed by atoms with Crippen LogP contribution < -0.4 is 5.32 Å². The van der Waals surface area contributed by atoms with Crippen molar-refractivity contribution in [3.05, 3.63) is 34.9 Å². The van der Waals surface area contributed by atoms with Gasteiger partial charge < -0.3 is 5.32 Å². The van der Waals surface area contributed by atoms with Crippen LogP contribution in [0.3, 0.4) is 0 Å². The molecular formula is C14H17Cl2NO. The molecule has 1 aliphatic carbocycles. The van der Waals surface area contributed by atoms with Crippen molar-refractivity contribution in [2.75, 3.05) is 0 Å². The maximum atomic E-state index is 11.9. The van der Waals surface area contributed by atoms with Gasteiger partial charge in [0, 0.05) is 11.1 Å². The number of carbonyl (C=O) groups is 1. The summed E-state index contributed by atoms with van der Waals surface area (Å²) in [4.78, 5) is 11.9. The lowest BCUT2D eigenvalue weighted by atomic mass is 9.94. The Morgan fingerprint density at radius 1 is 1.22 bits per heavy atom. The van der Waals surface area contributed by atoms with E-state index in [0.717, 1.165) is 31.2 Å². The van der Waals surface area contributed by atoms with Crippen LogP contribution in [0.1, 0.15) is 31.2 Å². The molecule has 0 radical (unpaired) electrons. The zero-order valence-corrected chi connectivity index (χ0v) is 11.7. The van der Waals surface area contributed by atoms with E-state index in [1.54, 1.807) is 12.1 Å². The van der Waals surface area contributed by atoms with Gasteiger partial charge in [0.05, 0.1) is 11.8 Å². The van der Waals surface area contributed by atoms with Gasteiger partial charge in [-0.1, -0.05) is 36.6 Å². The lowest BCUT2D eigenvalue weighted by Gasteiger charge is -2.27. The Bertz CT molecular complexity index is 405. The number of rotatable bonds is 3. The quantitative estimate of drug-likeness (QED) is 0.846. The van der Waals surface area contributed by atoms with Crippen molar-refractivity contribution in [2.45, 2.75) is 43.5 Å². The van der Waals surface area contributed by atoms with Gasteiger partial charge in [0.1, 0.15) is 0 Å². The van der Waals surface area contributed by atoms with Crippen LogP contribution in [0.15, 0.2) is 24.3 Å². The van der Waals surface area contributed by atoms with E-state index in [1.165, 1.54) is 0 Å². The lowest BCUT2D eigenvalue weighted by molar-refractivity contribution is -0.121. The van der Waals surface area contributed by atoms with Crippen molar-refractivity contribution in [1.29, 1.82) is 0 Å². The predicted octanol–water partition coefficient (Wildman–Crippen LogP) is 3.55. The molecule has 0 bridgehead atoms. The van der Waals surface area contributed by atoms with Crippen LogP contribution in [-0.4, -0.2) is 17.3 Å². The first kappa shape index (κ1) is 13.7. The SMILES string of the molecule is O=C(Cc1ccc(Cl)cc1)NC1CCCCC1Cl. The highest BCUT2D eigenvalue weighted by Crippen LogP contribution is 2.23. The third-order valence-corrected chi connectivity index (χ3v) is 4.08. The molecule has 0 aromatic heterocycles. The number of carbonyl (C=O) groups excluding carboxylic acids is 1. The van der Waals surface area contributed by atoms with Gasteiger partial charge in [0.15, 0.2) is 0 Å². The highest BCUT2D eigenvalue weighted by molar-refractivity contribution is 6.30. The van der Waals surface area contributed by atoms with E-state index in [0.29, 0.717) is 11.4 Å². The standard InChI is InChI=1S/C14H17Cl2NO/c15-11-7-5-10(6-8-11)9-14(18)17-13-4-2-1-3-12(13)16/h5-8,12-13H,1-4,9H2,(H,17,18). The fraction of sp³-hybridized carbons (Fsp3) is 0.500. The van der Waals surface area contributed by atoms with Gasteiger partial charge in [0.25, 0.3) is 0 Å². The third-order valence-electron chi connectivity index (χ3n) is 3.31. The maximum absolute atomic E-state index is 11.9. The third kappa shape index (κ3) is 3.89. The first-order valence-corrected chi connectivity index (χ1v) is 7.14. The summed E-state index contributed by atoms with van der Waals surface area (Å²) in [7, 11) is 0. The molecular weight excluding hydrogens is 269 g/mol. The minimum atomic E-state index is 0.0369. The van der Waals surface area contributed by atoms with E-state index in [2.05, 4.69) is 5.32 Å². The van der Waals surface area contributed by atoms with E-state index in [4.69, 9.17) is 23.2 Å². The van der Waals surface area contributed by atoms with Crippen molar-refractivity contribution in [2.24, 2.45) is 0 Å². The van der Waals surface area contributed by atoms with Crippen LogP contribution in [0, 0.1) is 0 Å². The lowest BCUT2D eigenvalue weighted by Crippen LogP contribution is -2.43. The minimum Gasteiger partial charge on any atom is -0.352 e. The summed E-state index contributed by atoms with van der Waals surface area (Å²) in [5.74, 6) is 0.0369. The summed E-state index contributed by atoms with van der Waals surface area (Å²) in [5, 5.41) is 3.79. The van der Waals surface area contributed by atoms with Gasteiger partial charge in [-0.3, -0.25) is 4.79 Å². The molecule has 0 spiro atoms. The Kier molecular flexibility index (Phi) is 4.90. The van der Waals surface area contributed by atoms with Crippen LogP contribution in [0.5, 0.6) is 0 Å². The molecule has 18 heavy (non-hydrogen) atoms. The molecule has 1 saturated carbocycles. The maximum Gasteiger partial charge on any atom is 0.224 e. The summed E-state index contributed by atoms with van der Waals surface area (Å²) >= 11 is 12.0. The molecule has 2 nitrogen and oxygen atoms in total. The van der Waals surface area contributed by atoms with Gasteiger partial charge in [0.2, 0.25) is 5.91 Å². The van der Waals surface area contributed by atoms with Crippen LogP contribution in [-0.2, 0) is 11.2 Å². The molecule has 1 amide bonds. The number of hydrogen-bond acceptors (Lipinski definition) is 1. The molecule has 0 saturated heterocycles. The molecule has 0 heterocycles. The molecule has 1 aromatic carbocycles. The summed E-state index contributed by atoms with van der Waals surface area (Å²) in [6.45, 7) is 0. The first-order valence-electron chi connectivity index (χ1n) is 6.33. The monoisotopic (exact) mass is 285 g/mol. The minimum absolute atomic E-state index is 0.0369. The Morgan fingerprint density at radius 3 is 2.56 bits per heavy atom. The number of nitrogens with one attached hydrogen (secondary N) is 1. The van der Waals surface area contributed by atoms with Crippen molar-refractivity contribution in [3.63, 3.8) is 0 Å². The average molecular weight is 286 g/mol. The molecule has 1 N–H and O–H groups in total. The Labute approximate surface area is 118 Å². The number of benzene rings is 1. The molecule has 1 aromatic rings. The van der Waals surface area contributed by atoms with Crippen LogP contribution in [0.4, 0.5) is 0 Å². The van der Waals surface area contributed by atoms with E-state index in [1.807, 2.05) is 12.1 Å². The van der Waals surface area contributed by atoms with Crippen molar-refractivity contribution < 1.29 is 4.79 Å². The van der Waals surface area contributed by atoms with Gasteiger partial charge in [-0.15, -0.1) is 11.6 Å². The zero-order valence-electron chi connectivity index (χ0n) is 10.2. The average Bonchev–Trinajstić information content (AvgIpc) is 2.35. The van der Waals surface area contributed by atoms with Crippen molar-refractivity contribution in [3.8, 4) is 0 Å². The number of amides is 1. The van der Waals surface area contributed by atoms with Crippen LogP contribution in [0.2, 0.25) is 5.02 Å². The summed E-state index contributed by atoms with van der Waals surface area (Å²) < 4.78 is 0. The van der Waals surface area contributed by atoms with Gasteiger partial charge in [-0.25, -0.2) is 0 Å². The molecule has 0 aliphatic heterocycles. The molecule has 4 heteroatoms. The van der Waals surface area contributed by atoms with E-state index in [9.17, 15) is 4.79 Å². The number of halogens is 2.